The molecule has 0 radical (unpaired) electrons. The van der Waals surface area contributed by atoms with E-state index < -0.39 is 11.4 Å². The summed E-state index contributed by atoms with van der Waals surface area (Å²) in [4.78, 5) is 12.0. The first-order valence-electron chi connectivity index (χ1n) is 12.5. The van der Waals surface area contributed by atoms with E-state index in [4.69, 9.17) is 0 Å². The predicted octanol–water partition coefficient (Wildman–Crippen LogP) is 9.25. The van der Waals surface area contributed by atoms with Crippen LogP contribution in [0.5, 0.6) is 0 Å². The zero-order valence-electron chi connectivity index (χ0n) is 20.2. The molecule has 0 atom stereocenters. The van der Waals surface area contributed by atoms with Crippen molar-refractivity contribution in [1.29, 1.82) is 0 Å². The van der Waals surface area contributed by atoms with Crippen LogP contribution in [-0.4, -0.2) is 11.1 Å². The molecule has 0 saturated carbocycles. The first kappa shape index (κ1) is 30.4. The molecule has 0 aromatic rings. The number of hydrogen-bond donors (Lipinski definition) is 2. The van der Waals surface area contributed by atoms with Gasteiger partial charge in [0.05, 0.1) is 5.41 Å². The van der Waals surface area contributed by atoms with Gasteiger partial charge in [-0.25, -0.2) is 0 Å². The molecule has 0 aliphatic heterocycles. The monoisotopic (exact) mass is 411 g/mol. The van der Waals surface area contributed by atoms with E-state index in [0.717, 1.165) is 51.4 Å². The van der Waals surface area contributed by atoms with Crippen molar-refractivity contribution in [1.82, 2.24) is 6.15 Å². The molecule has 0 bridgehead atoms. The van der Waals surface area contributed by atoms with E-state index in [9.17, 15) is 9.90 Å². The van der Waals surface area contributed by atoms with Crippen LogP contribution in [0, 0.1) is 5.41 Å². The van der Waals surface area contributed by atoms with E-state index in [1.54, 1.807) is 0 Å². The highest BCUT2D eigenvalue weighted by molar-refractivity contribution is 5.74. The average Bonchev–Trinajstić information content (AvgIpc) is 2.69. The van der Waals surface area contributed by atoms with Crippen LogP contribution in [-0.2, 0) is 4.79 Å². The van der Waals surface area contributed by atoms with Gasteiger partial charge >= 0.3 is 5.97 Å². The van der Waals surface area contributed by atoms with Gasteiger partial charge < -0.3 is 11.3 Å². The third kappa shape index (κ3) is 16.6. The summed E-state index contributed by atoms with van der Waals surface area (Å²) in [6.07, 6.45) is 27.0. The first-order chi connectivity index (χ1) is 13.6. The largest absolute Gasteiger partial charge is 0.481 e. The molecule has 3 nitrogen and oxygen atoms in total. The minimum absolute atomic E-state index is 0. The Morgan fingerprint density at radius 3 is 1.45 bits per heavy atom. The summed E-state index contributed by atoms with van der Waals surface area (Å²) in [5.74, 6) is -0.549. The summed E-state index contributed by atoms with van der Waals surface area (Å²) in [5, 5.41) is 9.87. The summed E-state index contributed by atoms with van der Waals surface area (Å²) in [7, 11) is 0. The van der Waals surface area contributed by atoms with Gasteiger partial charge in [-0.2, -0.15) is 0 Å². The second-order valence-corrected chi connectivity index (χ2v) is 8.77. The molecule has 0 spiro atoms. The zero-order chi connectivity index (χ0) is 20.9. The molecule has 29 heavy (non-hydrogen) atoms. The maximum atomic E-state index is 12.0. The number of carboxylic acids is 1. The number of hydrogen-bond acceptors (Lipinski definition) is 2. The van der Waals surface area contributed by atoms with E-state index in [-0.39, 0.29) is 6.15 Å². The fourth-order valence-electron chi connectivity index (χ4n) is 4.08. The van der Waals surface area contributed by atoms with E-state index in [1.807, 2.05) is 0 Å². The van der Waals surface area contributed by atoms with Gasteiger partial charge in [0.15, 0.2) is 0 Å². The Balaban J connectivity index is 0. The van der Waals surface area contributed by atoms with Crippen LogP contribution in [0.3, 0.4) is 0 Å². The number of allylic oxidation sites excluding steroid dienone is 2. The Hall–Kier alpha value is -0.830. The van der Waals surface area contributed by atoms with Crippen molar-refractivity contribution in [2.75, 3.05) is 0 Å². The van der Waals surface area contributed by atoms with Crippen molar-refractivity contribution in [2.45, 2.75) is 143 Å². The smallest absolute Gasteiger partial charge is 0.309 e. The second kappa shape index (κ2) is 21.9. The minimum Gasteiger partial charge on any atom is -0.481 e. The van der Waals surface area contributed by atoms with Crippen molar-refractivity contribution in [2.24, 2.45) is 5.41 Å². The first-order valence-corrected chi connectivity index (χ1v) is 12.5. The van der Waals surface area contributed by atoms with Gasteiger partial charge in [-0.1, -0.05) is 110 Å². The summed E-state index contributed by atoms with van der Waals surface area (Å²) in [6, 6.07) is 0. The number of rotatable bonds is 21. The molecule has 0 amide bonds. The Morgan fingerprint density at radius 2 is 1.00 bits per heavy atom. The van der Waals surface area contributed by atoms with Crippen LogP contribution in [0.1, 0.15) is 143 Å². The molecule has 0 heterocycles. The predicted molar refractivity (Wildman–Crippen MR) is 129 cm³/mol. The molecule has 0 aromatic heterocycles. The van der Waals surface area contributed by atoms with E-state index in [2.05, 4.69) is 32.9 Å². The molecule has 174 valence electrons. The van der Waals surface area contributed by atoms with Gasteiger partial charge in [0.2, 0.25) is 0 Å². The lowest BCUT2D eigenvalue weighted by molar-refractivity contribution is -0.150. The highest BCUT2D eigenvalue weighted by Gasteiger charge is 2.36. The highest BCUT2D eigenvalue weighted by Crippen LogP contribution is 2.37. The van der Waals surface area contributed by atoms with E-state index in [0.29, 0.717) is 0 Å². The normalized spacial score (nSPS) is 11.7. The summed E-state index contributed by atoms with van der Waals surface area (Å²) in [5.41, 5.74) is -0.455. The van der Waals surface area contributed by atoms with Crippen molar-refractivity contribution in [3.8, 4) is 0 Å². The van der Waals surface area contributed by atoms with Crippen LogP contribution >= 0.6 is 0 Å². The minimum atomic E-state index is -0.549. The van der Waals surface area contributed by atoms with E-state index in [1.165, 1.54) is 70.6 Å². The average molecular weight is 412 g/mol. The maximum Gasteiger partial charge on any atom is 0.309 e. The van der Waals surface area contributed by atoms with Crippen LogP contribution in [0.15, 0.2) is 12.2 Å². The maximum absolute atomic E-state index is 12.0. The number of unbranched alkanes of at least 4 members (excludes halogenated alkanes) is 12. The summed E-state index contributed by atoms with van der Waals surface area (Å²) >= 11 is 0. The third-order valence-corrected chi connectivity index (χ3v) is 6.14. The standard InChI is InChI=1S/C26H50O2.H3N/c1-4-7-10-11-12-13-14-15-16-17-18-19-20-21-24-26(25(27)28,22-8-5-2)23-9-6-3;/h15-16H,4-14,17-24H2,1-3H3,(H,27,28);1H3/b16-15-;. The van der Waals surface area contributed by atoms with Gasteiger partial charge in [0.25, 0.3) is 0 Å². The Bertz CT molecular complexity index is 371. The van der Waals surface area contributed by atoms with Crippen LogP contribution in [0.4, 0.5) is 0 Å². The Kier molecular flexibility index (Phi) is 22.9. The SMILES string of the molecule is CCCCCCCC/C=C\CCCCCCC(CCCC)(CCCC)C(=O)O.N. The lowest BCUT2D eigenvalue weighted by atomic mass is 9.74. The van der Waals surface area contributed by atoms with Crippen LogP contribution in [0.25, 0.3) is 0 Å². The topological polar surface area (TPSA) is 72.3 Å². The number of aliphatic carboxylic acids is 1. The van der Waals surface area contributed by atoms with E-state index >= 15 is 0 Å². The van der Waals surface area contributed by atoms with Crippen LogP contribution in [0.2, 0.25) is 0 Å². The molecule has 0 unspecified atom stereocenters. The van der Waals surface area contributed by atoms with Crippen molar-refractivity contribution < 1.29 is 9.90 Å². The molecule has 0 aliphatic carbocycles. The van der Waals surface area contributed by atoms with Crippen molar-refractivity contribution >= 4 is 5.97 Å². The number of carboxylic acid groups (broad SMARTS) is 1. The Morgan fingerprint density at radius 1 is 0.621 bits per heavy atom. The molecular weight excluding hydrogens is 358 g/mol. The fraction of sp³-hybridized carbons (Fsp3) is 0.885. The fourth-order valence-corrected chi connectivity index (χ4v) is 4.08. The van der Waals surface area contributed by atoms with Crippen molar-refractivity contribution in [3.05, 3.63) is 12.2 Å². The van der Waals surface area contributed by atoms with Gasteiger partial charge in [-0.05, 0) is 44.9 Å². The molecule has 4 N–H and O–H groups in total. The van der Waals surface area contributed by atoms with Crippen LogP contribution < -0.4 is 6.15 Å². The van der Waals surface area contributed by atoms with Gasteiger partial charge in [0, 0.05) is 0 Å². The molecule has 3 heteroatoms. The quantitative estimate of drug-likeness (QED) is 0.146. The highest BCUT2D eigenvalue weighted by atomic mass is 16.4. The van der Waals surface area contributed by atoms with Gasteiger partial charge in [-0.3, -0.25) is 4.79 Å². The number of carbonyl (C=O) groups is 1. The van der Waals surface area contributed by atoms with Crippen molar-refractivity contribution in [3.63, 3.8) is 0 Å². The molecule has 0 aromatic carbocycles. The van der Waals surface area contributed by atoms with Gasteiger partial charge in [-0.15, -0.1) is 0 Å². The Labute approximate surface area is 182 Å². The zero-order valence-corrected chi connectivity index (χ0v) is 20.2. The molecule has 0 saturated heterocycles. The third-order valence-electron chi connectivity index (χ3n) is 6.14. The molecular formula is C26H53NO2. The molecule has 0 aliphatic rings. The molecule has 0 rings (SSSR count). The summed E-state index contributed by atoms with van der Waals surface area (Å²) < 4.78 is 0. The second-order valence-electron chi connectivity index (χ2n) is 8.77. The lowest BCUT2D eigenvalue weighted by Gasteiger charge is -2.29. The summed E-state index contributed by atoms with van der Waals surface area (Å²) in [6.45, 7) is 6.59. The molecule has 0 fully saturated rings. The van der Waals surface area contributed by atoms with Gasteiger partial charge in [0.1, 0.15) is 0 Å². The lowest BCUT2D eigenvalue weighted by Crippen LogP contribution is -2.31.